The third kappa shape index (κ3) is 1.62. The predicted octanol–water partition coefficient (Wildman–Crippen LogP) is 1.87. The molecule has 2 heterocycles. The van der Waals surface area contributed by atoms with E-state index in [-0.39, 0.29) is 5.91 Å². The van der Waals surface area contributed by atoms with Crippen LogP contribution in [0.25, 0.3) is 0 Å². The fraction of sp³-hybridized carbons (Fsp3) is 0.143. The molecule has 0 radical (unpaired) electrons. The van der Waals surface area contributed by atoms with Gasteiger partial charge in [-0.3, -0.25) is 9.78 Å². The minimum absolute atomic E-state index is 0.358. The summed E-state index contributed by atoms with van der Waals surface area (Å²) in [5.74, 6) is -0.358. The Bertz CT molecular complexity index is 595. The van der Waals surface area contributed by atoms with Crippen LogP contribution in [0.2, 0.25) is 0 Å². The third-order valence-electron chi connectivity index (χ3n) is 3.27. The fourth-order valence-electron chi connectivity index (χ4n) is 2.46. The summed E-state index contributed by atoms with van der Waals surface area (Å²) in [6.45, 7) is 0.865. The number of fused-ring (bicyclic) bond motifs is 1. The van der Waals surface area contributed by atoms with Gasteiger partial charge in [0.2, 0.25) is 5.91 Å². The van der Waals surface area contributed by atoms with Crippen molar-refractivity contribution in [2.45, 2.75) is 6.42 Å². The van der Waals surface area contributed by atoms with Crippen LogP contribution in [0.15, 0.2) is 42.7 Å². The first-order valence-corrected chi connectivity index (χ1v) is 5.86. The first kappa shape index (κ1) is 10.8. The van der Waals surface area contributed by atoms with Crippen LogP contribution in [0.3, 0.4) is 0 Å². The zero-order valence-electron chi connectivity index (χ0n) is 9.84. The minimum atomic E-state index is -0.358. The lowest BCUT2D eigenvalue weighted by atomic mass is 10.0. The number of carbonyl (C=O) groups is 1. The minimum Gasteiger partial charge on any atom is -0.366 e. The molecule has 4 nitrogen and oxygen atoms in total. The van der Waals surface area contributed by atoms with E-state index in [1.165, 1.54) is 0 Å². The molecule has 90 valence electrons. The first-order chi connectivity index (χ1) is 8.77. The lowest BCUT2D eigenvalue weighted by Crippen LogP contribution is -2.14. The van der Waals surface area contributed by atoms with Gasteiger partial charge in [-0.05, 0) is 36.2 Å². The molecule has 1 aromatic carbocycles. The highest BCUT2D eigenvalue weighted by atomic mass is 16.1. The molecule has 2 N–H and O–H groups in total. The van der Waals surface area contributed by atoms with Crippen molar-refractivity contribution in [3.63, 3.8) is 0 Å². The van der Waals surface area contributed by atoms with Gasteiger partial charge < -0.3 is 10.6 Å². The molecule has 0 unspecified atom stereocenters. The normalized spacial score (nSPS) is 13.4. The van der Waals surface area contributed by atoms with Crippen molar-refractivity contribution in [1.29, 1.82) is 0 Å². The second-order valence-electron chi connectivity index (χ2n) is 4.27. The molecule has 4 heteroatoms. The van der Waals surface area contributed by atoms with E-state index in [1.807, 2.05) is 24.3 Å². The summed E-state index contributed by atoms with van der Waals surface area (Å²) in [6, 6.07) is 9.61. The number of pyridine rings is 1. The Hall–Kier alpha value is -2.36. The second-order valence-corrected chi connectivity index (χ2v) is 4.27. The Balaban J connectivity index is 2.08. The average Bonchev–Trinajstić information content (AvgIpc) is 2.83. The average molecular weight is 239 g/mol. The maximum Gasteiger partial charge on any atom is 0.249 e. The topological polar surface area (TPSA) is 59.2 Å². The Kier molecular flexibility index (Phi) is 2.48. The van der Waals surface area contributed by atoms with Gasteiger partial charge in [0.1, 0.15) is 0 Å². The van der Waals surface area contributed by atoms with Crippen LogP contribution in [0.4, 0.5) is 11.4 Å². The van der Waals surface area contributed by atoms with Gasteiger partial charge in [-0.25, -0.2) is 0 Å². The molecular formula is C14H13N3O. The SMILES string of the molecule is NC(=O)c1cccc2c1CCN2c1ccncc1. The number of rotatable bonds is 2. The molecule has 0 spiro atoms. The zero-order valence-corrected chi connectivity index (χ0v) is 9.84. The maximum atomic E-state index is 11.4. The van der Waals surface area contributed by atoms with Gasteiger partial charge in [0.25, 0.3) is 0 Å². The van der Waals surface area contributed by atoms with Crippen LogP contribution in [-0.4, -0.2) is 17.4 Å². The van der Waals surface area contributed by atoms with Crippen LogP contribution >= 0.6 is 0 Å². The summed E-state index contributed by atoms with van der Waals surface area (Å²) in [5.41, 5.74) is 9.23. The van der Waals surface area contributed by atoms with Gasteiger partial charge in [-0.15, -0.1) is 0 Å². The number of hydrogen-bond donors (Lipinski definition) is 1. The van der Waals surface area contributed by atoms with E-state index in [9.17, 15) is 4.79 Å². The number of nitrogens with zero attached hydrogens (tertiary/aromatic N) is 2. The molecule has 1 aromatic heterocycles. The monoisotopic (exact) mass is 239 g/mol. The number of nitrogens with two attached hydrogens (primary N) is 1. The molecule has 18 heavy (non-hydrogen) atoms. The molecule has 0 saturated heterocycles. The molecule has 0 fully saturated rings. The Labute approximate surface area is 105 Å². The molecule has 1 amide bonds. The summed E-state index contributed by atoms with van der Waals surface area (Å²) in [5, 5.41) is 0. The van der Waals surface area contributed by atoms with Crippen LogP contribution in [0.1, 0.15) is 15.9 Å². The van der Waals surface area contributed by atoms with E-state index < -0.39 is 0 Å². The van der Waals surface area contributed by atoms with Crippen molar-refractivity contribution < 1.29 is 4.79 Å². The van der Waals surface area contributed by atoms with Crippen LogP contribution in [0, 0.1) is 0 Å². The Morgan fingerprint density at radius 2 is 2.00 bits per heavy atom. The zero-order chi connectivity index (χ0) is 12.5. The van der Waals surface area contributed by atoms with Crippen molar-refractivity contribution in [1.82, 2.24) is 4.98 Å². The smallest absolute Gasteiger partial charge is 0.249 e. The van der Waals surface area contributed by atoms with Crippen molar-refractivity contribution in [3.05, 3.63) is 53.9 Å². The molecule has 1 aliphatic rings. The van der Waals surface area contributed by atoms with Crippen LogP contribution in [-0.2, 0) is 6.42 Å². The van der Waals surface area contributed by atoms with Gasteiger partial charge in [0.05, 0.1) is 0 Å². The van der Waals surface area contributed by atoms with Crippen molar-refractivity contribution >= 4 is 17.3 Å². The largest absolute Gasteiger partial charge is 0.366 e. The molecule has 3 rings (SSSR count). The number of carbonyl (C=O) groups excluding carboxylic acids is 1. The third-order valence-corrected chi connectivity index (χ3v) is 3.27. The molecule has 0 bridgehead atoms. The number of amides is 1. The summed E-state index contributed by atoms with van der Waals surface area (Å²) in [6.07, 6.45) is 4.38. The van der Waals surface area contributed by atoms with E-state index in [0.29, 0.717) is 5.56 Å². The highest BCUT2D eigenvalue weighted by molar-refractivity contribution is 5.96. The number of benzene rings is 1. The molecule has 0 aliphatic carbocycles. The Morgan fingerprint density at radius 1 is 1.22 bits per heavy atom. The van der Waals surface area contributed by atoms with E-state index in [0.717, 1.165) is 29.9 Å². The standard InChI is InChI=1S/C14H13N3O/c15-14(18)12-2-1-3-13-11(12)6-9-17(13)10-4-7-16-8-5-10/h1-5,7-8H,6,9H2,(H2,15,18). The molecule has 0 saturated carbocycles. The van der Waals surface area contributed by atoms with Crippen LogP contribution in [0.5, 0.6) is 0 Å². The molecule has 0 atom stereocenters. The van der Waals surface area contributed by atoms with E-state index in [4.69, 9.17) is 5.73 Å². The highest BCUT2D eigenvalue weighted by Crippen LogP contribution is 2.35. The molecule has 1 aliphatic heterocycles. The van der Waals surface area contributed by atoms with E-state index in [1.54, 1.807) is 18.5 Å². The predicted molar refractivity (Wildman–Crippen MR) is 69.9 cm³/mol. The number of aromatic nitrogens is 1. The fourth-order valence-corrected chi connectivity index (χ4v) is 2.46. The van der Waals surface area contributed by atoms with Gasteiger partial charge in [-0.1, -0.05) is 6.07 Å². The summed E-state index contributed by atoms with van der Waals surface area (Å²) in [4.78, 5) is 17.6. The summed E-state index contributed by atoms with van der Waals surface area (Å²) >= 11 is 0. The second kappa shape index (κ2) is 4.14. The summed E-state index contributed by atoms with van der Waals surface area (Å²) < 4.78 is 0. The Morgan fingerprint density at radius 3 is 2.72 bits per heavy atom. The first-order valence-electron chi connectivity index (χ1n) is 5.86. The van der Waals surface area contributed by atoms with Crippen molar-refractivity contribution in [2.24, 2.45) is 5.73 Å². The number of anilines is 2. The maximum absolute atomic E-state index is 11.4. The molecular weight excluding hydrogens is 226 g/mol. The lowest BCUT2D eigenvalue weighted by molar-refractivity contribution is 0.0999. The van der Waals surface area contributed by atoms with Crippen molar-refractivity contribution in [3.8, 4) is 0 Å². The van der Waals surface area contributed by atoms with Gasteiger partial charge in [0, 0.05) is 35.9 Å². The van der Waals surface area contributed by atoms with E-state index in [2.05, 4.69) is 9.88 Å². The van der Waals surface area contributed by atoms with Gasteiger partial charge in [-0.2, -0.15) is 0 Å². The van der Waals surface area contributed by atoms with E-state index >= 15 is 0 Å². The summed E-state index contributed by atoms with van der Waals surface area (Å²) in [7, 11) is 0. The van der Waals surface area contributed by atoms with Crippen molar-refractivity contribution in [2.75, 3.05) is 11.4 Å². The number of hydrogen-bond acceptors (Lipinski definition) is 3. The lowest BCUT2D eigenvalue weighted by Gasteiger charge is -2.19. The van der Waals surface area contributed by atoms with Gasteiger partial charge >= 0.3 is 0 Å². The van der Waals surface area contributed by atoms with Gasteiger partial charge in [0.15, 0.2) is 0 Å². The highest BCUT2D eigenvalue weighted by Gasteiger charge is 2.24. The quantitative estimate of drug-likeness (QED) is 0.870. The number of primary amides is 1. The molecule has 2 aromatic rings. The van der Waals surface area contributed by atoms with Crippen LogP contribution < -0.4 is 10.6 Å².